The molecule has 1 aliphatic rings. The van der Waals surface area contributed by atoms with Crippen molar-refractivity contribution in [2.24, 2.45) is 5.92 Å². The van der Waals surface area contributed by atoms with Crippen molar-refractivity contribution in [2.75, 3.05) is 0 Å². The number of thiol groups is 3. The number of allylic oxidation sites excluding steroid dienone is 4. The van der Waals surface area contributed by atoms with Gasteiger partial charge < -0.3 is 0 Å². The number of hydrogen-bond donors (Lipinski definition) is 3. The predicted octanol–water partition coefficient (Wildman–Crippen LogP) is 8.80. The summed E-state index contributed by atoms with van der Waals surface area (Å²) in [6.45, 7) is 2.34. The van der Waals surface area contributed by atoms with Gasteiger partial charge in [0.15, 0.2) is 0 Å². The number of benzene rings is 4. The van der Waals surface area contributed by atoms with E-state index in [2.05, 4.69) is 123 Å². The number of rotatable bonds is 5. The largest absolute Gasteiger partial charge is 0.143 e. The van der Waals surface area contributed by atoms with Crippen molar-refractivity contribution >= 4 is 43.5 Å². The molecular weight excluding hydrogens is 469 g/mol. The predicted molar refractivity (Wildman–Crippen MR) is 154 cm³/mol. The van der Waals surface area contributed by atoms with Gasteiger partial charge in [-0.1, -0.05) is 85.8 Å². The highest BCUT2D eigenvalue weighted by Crippen LogP contribution is 2.47. The maximum absolute atomic E-state index is 4.95. The fourth-order valence-electron chi connectivity index (χ4n) is 4.81. The van der Waals surface area contributed by atoms with Crippen LogP contribution in [0.15, 0.2) is 130 Å². The molecule has 4 aromatic rings. The molecule has 0 spiro atoms. The molecule has 0 bridgehead atoms. The van der Waals surface area contributed by atoms with E-state index in [9.17, 15) is 0 Å². The summed E-state index contributed by atoms with van der Waals surface area (Å²) in [5.41, 5.74) is 6.99. The first-order chi connectivity index (χ1) is 16.4. The summed E-state index contributed by atoms with van der Waals surface area (Å²) in [4.78, 5) is 2.93. The second-order valence-electron chi connectivity index (χ2n) is 8.90. The van der Waals surface area contributed by atoms with Crippen LogP contribution in [0.25, 0.3) is 16.7 Å². The standard InChI is InChI=1S/C31H26S3/c1-31(25-5-3-2-4-6-25,26-13-7-23(19-26)21-8-14-27(32)15-9-21)29-20-24(12-18-30(29)34)22-10-16-28(33)17-11-22/h2-20,26,32-34H,1H3. The van der Waals surface area contributed by atoms with E-state index in [-0.39, 0.29) is 11.3 Å². The Kier molecular flexibility index (Phi) is 6.52. The monoisotopic (exact) mass is 494 g/mol. The lowest BCUT2D eigenvalue weighted by Crippen LogP contribution is -2.31. The van der Waals surface area contributed by atoms with Gasteiger partial charge >= 0.3 is 0 Å². The maximum atomic E-state index is 4.95. The third-order valence-electron chi connectivity index (χ3n) is 6.84. The topological polar surface area (TPSA) is 0 Å². The molecule has 0 N–H and O–H groups in total. The minimum atomic E-state index is -0.292. The van der Waals surface area contributed by atoms with Crippen LogP contribution in [0.2, 0.25) is 0 Å². The highest BCUT2D eigenvalue weighted by Gasteiger charge is 2.38. The van der Waals surface area contributed by atoms with E-state index in [0.717, 1.165) is 14.7 Å². The Bertz CT molecular complexity index is 1370. The van der Waals surface area contributed by atoms with E-state index in [0.29, 0.717) is 0 Å². The van der Waals surface area contributed by atoms with Crippen LogP contribution in [0, 0.1) is 5.92 Å². The molecular formula is C31H26S3. The van der Waals surface area contributed by atoms with Gasteiger partial charge in [0.2, 0.25) is 0 Å². The molecule has 0 fully saturated rings. The molecule has 5 rings (SSSR count). The van der Waals surface area contributed by atoms with Crippen LogP contribution in [0.3, 0.4) is 0 Å². The van der Waals surface area contributed by atoms with Crippen molar-refractivity contribution in [1.82, 2.24) is 0 Å². The normalized spacial score (nSPS) is 16.8. The third kappa shape index (κ3) is 4.40. The SMILES string of the molecule is CC(c1ccccc1)(c1cc(-c2ccc(S)cc2)ccc1S)C1C=CC(c2ccc(S)cc2)=C1. The van der Waals surface area contributed by atoms with Crippen molar-refractivity contribution in [3.05, 3.63) is 132 Å². The van der Waals surface area contributed by atoms with Crippen molar-refractivity contribution in [3.8, 4) is 11.1 Å². The van der Waals surface area contributed by atoms with Crippen molar-refractivity contribution in [1.29, 1.82) is 0 Å². The van der Waals surface area contributed by atoms with Crippen molar-refractivity contribution < 1.29 is 0 Å². The van der Waals surface area contributed by atoms with Crippen LogP contribution < -0.4 is 0 Å². The van der Waals surface area contributed by atoms with E-state index in [1.165, 1.54) is 33.4 Å². The zero-order valence-corrected chi connectivity index (χ0v) is 21.6. The summed E-state index contributed by atoms with van der Waals surface area (Å²) < 4.78 is 0. The van der Waals surface area contributed by atoms with E-state index < -0.39 is 0 Å². The molecule has 1 aliphatic carbocycles. The Balaban J connectivity index is 1.64. The third-order valence-corrected chi connectivity index (χ3v) is 7.83. The fraction of sp³-hybridized carbons (Fsp3) is 0.0968. The van der Waals surface area contributed by atoms with E-state index in [1.54, 1.807) is 0 Å². The average Bonchev–Trinajstić information content (AvgIpc) is 3.36. The Morgan fingerprint density at radius 3 is 1.88 bits per heavy atom. The molecule has 34 heavy (non-hydrogen) atoms. The molecule has 0 aliphatic heterocycles. The van der Waals surface area contributed by atoms with Crippen LogP contribution in [0.1, 0.15) is 23.6 Å². The summed E-state index contributed by atoms with van der Waals surface area (Å²) in [5, 5.41) is 0. The Morgan fingerprint density at radius 2 is 1.24 bits per heavy atom. The Hall–Kier alpha value is -2.59. The minimum absolute atomic E-state index is 0.182. The van der Waals surface area contributed by atoms with E-state index in [1.807, 2.05) is 24.3 Å². The highest BCUT2D eigenvalue weighted by molar-refractivity contribution is 7.80. The lowest BCUT2D eigenvalue weighted by molar-refractivity contribution is 0.480. The Morgan fingerprint density at radius 1 is 0.647 bits per heavy atom. The summed E-state index contributed by atoms with van der Waals surface area (Å²) in [6, 6.07) is 34.0. The Labute approximate surface area is 218 Å². The molecule has 0 heterocycles. The van der Waals surface area contributed by atoms with Crippen molar-refractivity contribution in [3.63, 3.8) is 0 Å². The molecule has 0 saturated heterocycles. The second kappa shape index (κ2) is 9.58. The zero-order chi connectivity index (χ0) is 23.7. The summed E-state index contributed by atoms with van der Waals surface area (Å²) in [7, 11) is 0. The second-order valence-corrected chi connectivity index (χ2v) is 10.4. The molecule has 0 amide bonds. The highest BCUT2D eigenvalue weighted by atomic mass is 32.1. The van der Waals surface area contributed by atoms with Crippen LogP contribution in [-0.4, -0.2) is 0 Å². The van der Waals surface area contributed by atoms with Gasteiger partial charge in [-0.2, -0.15) is 0 Å². The van der Waals surface area contributed by atoms with Gasteiger partial charge in [-0.3, -0.25) is 0 Å². The quantitative estimate of drug-likeness (QED) is 0.227. The van der Waals surface area contributed by atoms with Gasteiger partial charge in [0.05, 0.1) is 0 Å². The van der Waals surface area contributed by atoms with Gasteiger partial charge in [0, 0.05) is 26.0 Å². The first-order valence-corrected chi connectivity index (χ1v) is 12.7. The van der Waals surface area contributed by atoms with Crippen LogP contribution in [-0.2, 0) is 5.41 Å². The lowest BCUT2D eigenvalue weighted by Gasteiger charge is -2.36. The van der Waals surface area contributed by atoms with Gasteiger partial charge in [-0.15, -0.1) is 37.9 Å². The van der Waals surface area contributed by atoms with Crippen LogP contribution in [0.5, 0.6) is 0 Å². The van der Waals surface area contributed by atoms with Gasteiger partial charge in [0.25, 0.3) is 0 Å². The molecule has 2 unspecified atom stereocenters. The number of hydrogen-bond acceptors (Lipinski definition) is 3. The smallest absolute Gasteiger partial charge is 0.0283 e. The average molecular weight is 495 g/mol. The molecule has 0 radical (unpaired) electrons. The summed E-state index contributed by atoms with van der Waals surface area (Å²) >= 11 is 13.8. The van der Waals surface area contributed by atoms with Crippen molar-refractivity contribution in [2.45, 2.75) is 27.0 Å². The summed E-state index contributed by atoms with van der Waals surface area (Å²) in [5.74, 6) is 0.182. The first-order valence-electron chi connectivity index (χ1n) is 11.3. The van der Waals surface area contributed by atoms with Crippen LogP contribution >= 0.6 is 37.9 Å². The molecule has 4 aromatic carbocycles. The molecule has 3 heteroatoms. The minimum Gasteiger partial charge on any atom is -0.143 e. The van der Waals surface area contributed by atoms with E-state index in [4.69, 9.17) is 12.6 Å². The first kappa shape index (κ1) is 23.2. The fourth-order valence-corrected chi connectivity index (χ4v) is 5.48. The maximum Gasteiger partial charge on any atom is 0.0283 e. The van der Waals surface area contributed by atoms with Gasteiger partial charge in [0.1, 0.15) is 0 Å². The molecule has 0 nitrogen and oxygen atoms in total. The summed E-state index contributed by atoms with van der Waals surface area (Å²) in [6.07, 6.45) is 6.95. The molecule has 2 atom stereocenters. The molecule has 168 valence electrons. The van der Waals surface area contributed by atoms with Gasteiger partial charge in [-0.05, 0) is 69.8 Å². The molecule has 0 aromatic heterocycles. The zero-order valence-electron chi connectivity index (χ0n) is 18.9. The van der Waals surface area contributed by atoms with E-state index >= 15 is 0 Å². The molecule has 0 saturated carbocycles. The van der Waals surface area contributed by atoms with Gasteiger partial charge in [-0.25, -0.2) is 0 Å². The van der Waals surface area contributed by atoms with Crippen LogP contribution in [0.4, 0.5) is 0 Å². The lowest BCUT2D eigenvalue weighted by atomic mass is 9.67.